The zero-order valence-electron chi connectivity index (χ0n) is 9.84. The van der Waals surface area contributed by atoms with Crippen molar-refractivity contribution < 1.29 is 10.2 Å². The van der Waals surface area contributed by atoms with Crippen LogP contribution in [0.25, 0.3) is 11.3 Å². The summed E-state index contributed by atoms with van der Waals surface area (Å²) in [5.41, 5.74) is -0.611. The highest BCUT2D eigenvalue weighted by atomic mass is 32.2. The van der Waals surface area contributed by atoms with E-state index in [4.69, 9.17) is 5.26 Å². The molecule has 7 heteroatoms. The number of nitrogens with zero attached hydrogens (tertiary/aromatic N) is 2. The predicted octanol–water partition coefficient (Wildman–Crippen LogP) is 1.44. The molecule has 19 heavy (non-hydrogen) atoms. The van der Waals surface area contributed by atoms with Crippen molar-refractivity contribution in [1.29, 1.82) is 5.26 Å². The van der Waals surface area contributed by atoms with Gasteiger partial charge in [-0.1, -0.05) is 17.8 Å². The van der Waals surface area contributed by atoms with E-state index < -0.39 is 11.3 Å². The van der Waals surface area contributed by atoms with E-state index >= 15 is 0 Å². The maximum absolute atomic E-state index is 11.7. The Kier molecular flexibility index (Phi) is 3.44. The highest BCUT2D eigenvalue weighted by Gasteiger charge is 2.17. The molecule has 0 unspecified atom stereocenters. The summed E-state index contributed by atoms with van der Waals surface area (Å²) in [4.78, 5) is 18.3. The molecule has 1 aromatic carbocycles. The molecule has 0 aliphatic rings. The van der Waals surface area contributed by atoms with Crippen molar-refractivity contribution in [2.45, 2.75) is 5.16 Å². The Morgan fingerprint density at radius 3 is 2.79 bits per heavy atom. The van der Waals surface area contributed by atoms with Crippen molar-refractivity contribution in [3.63, 3.8) is 0 Å². The van der Waals surface area contributed by atoms with E-state index in [0.717, 1.165) is 0 Å². The van der Waals surface area contributed by atoms with Crippen LogP contribution < -0.4 is 5.56 Å². The maximum Gasteiger partial charge on any atom is 0.270 e. The average molecular weight is 275 g/mol. The first kappa shape index (κ1) is 13.0. The highest BCUT2D eigenvalue weighted by Crippen LogP contribution is 2.36. The lowest BCUT2D eigenvalue weighted by molar-refractivity contribution is 0.405. The number of hydrogen-bond acceptors (Lipinski definition) is 6. The first-order valence-corrected chi connectivity index (χ1v) is 6.40. The van der Waals surface area contributed by atoms with Crippen LogP contribution in [0, 0.1) is 11.3 Å². The molecular formula is C12H9N3O3S. The third kappa shape index (κ3) is 2.26. The second-order valence-corrected chi connectivity index (χ2v) is 4.38. The summed E-state index contributed by atoms with van der Waals surface area (Å²) >= 11 is 1.20. The Bertz CT molecular complexity index is 734. The largest absolute Gasteiger partial charge is 0.504 e. The molecule has 96 valence electrons. The summed E-state index contributed by atoms with van der Waals surface area (Å²) in [5.74, 6) is -0.752. The van der Waals surface area contributed by atoms with Crippen LogP contribution in [0.2, 0.25) is 0 Å². The number of phenolic OH excluding ortho intramolecular Hbond substituents is 2. The summed E-state index contributed by atoms with van der Waals surface area (Å²) in [7, 11) is 0. The van der Waals surface area contributed by atoms with Gasteiger partial charge < -0.3 is 15.2 Å². The molecule has 0 atom stereocenters. The highest BCUT2D eigenvalue weighted by molar-refractivity contribution is 7.98. The van der Waals surface area contributed by atoms with Gasteiger partial charge >= 0.3 is 0 Å². The van der Waals surface area contributed by atoms with Crippen molar-refractivity contribution in [1.82, 2.24) is 9.97 Å². The summed E-state index contributed by atoms with van der Waals surface area (Å²) in [5, 5.41) is 28.6. The lowest BCUT2D eigenvalue weighted by atomic mass is 10.1. The van der Waals surface area contributed by atoms with E-state index in [1.165, 1.54) is 30.0 Å². The van der Waals surface area contributed by atoms with Crippen LogP contribution >= 0.6 is 11.8 Å². The van der Waals surface area contributed by atoms with Crippen molar-refractivity contribution in [3.05, 3.63) is 34.1 Å². The molecule has 0 aliphatic heterocycles. The fourth-order valence-electron chi connectivity index (χ4n) is 1.57. The molecule has 0 spiro atoms. The minimum Gasteiger partial charge on any atom is -0.504 e. The monoisotopic (exact) mass is 275 g/mol. The number of aromatic amines is 1. The Labute approximate surface area is 112 Å². The molecule has 1 aromatic heterocycles. The molecule has 6 nitrogen and oxygen atoms in total. The lowest BCUT2D eigenvalue weighted by Crippen LogP contribution is -2.14. The van der Waals surface area contributed by atoms with Gasteiger partial charge in [-0.2, -0.15) is 5.26 Å². The van der Waals surface area contributed by atoms with Crippen LogP contribution in [0.4, 0.5) is 0 Å². The van der Waals surface area contributed by atoms with Gasteiger partial charge in [0, 0.05) is 5.56 Å². The Morgan fingerprint density at radius 2 is 2.16 bits per heavy atom. The average Bonchev–Trinajstić information content (AvgIpc) is 2.41. The van der Waals surface area contributed by atoms with E-state index in [1.807, 2.05) is 0 Å². The van der Waals surface area contributed by atoms with Crippen molar-refractivity contribution >= 4 is 11.8 Å². The van der Waals surface area contributed by atoms with Gasteiger partial charge in [-0.25, -0.2) is 4.98 Å². The zero-order valence-corrected chi connectivity index (χ0v) is 10.7. The molecule has 0 aliphatic carbocycles. The molecule has 0 radical (unpaired) electrons. The third-order valence-corrected chi connectivity index (χ3v) is 3.05. The number of aromatic nitrogens is 2. The number of thioether (sulfide) groups is 1. The molecule has 3 N–H and O–H groups in total. The summed E-state index contributed by atoms with van der Waals surface area (Å²) in [6, 6.07) is 6.02. The molecule has 0 saturated heterocycles. The van der Waals surface area contributed by atoms with Gasteiger partial charge in [0.05, 0.1) is 0 Å². The van der Waals surface area contributed by atoms with Gasteiger partial charge in [0.1, 0.15) is 17.3 Å². The zero-order chi connectivity index (χ0) is 14.0. The van der Waals surface area contributed by atoms with Crippen LogP contribution in [0.1, 0.15) is 5.56 Å². The summed E-state index contributed by atoms with van der Waals surface area (Å²) in [6.07, 6.45) is 1.72. The summed E-state index contributed by atoms with van der Waals surface area (Å²) in [6.45, 7) is 0. The number of nitriles is 1. The summed E-state index contributed by atoms with van der Waals surface area (Å²) < 4.78 is 0. The van der Waals surface area contributed by atoms with Gasteiger partial charge in [-0.3, -0.25) is 4.79 Å². The second-order valence-electron chi connectivity index (χ2n) is 3.58. The quantitative estimate of drug-likeness (QED) is 0.434. The van der Waals surface area contributed by atoms with Crippen molar-refractivity contribution in [3.8, 4) is 28.8 Å². The van der Waals surface area contributed by atoms with Gasteiger partial charge in [0.2, 0.25) is 0 Å². The normalized spacial score (nSPS) is 10.1. The molecule has 0 fully saturated rings. The van der Waals surface area contributed by atoms with Gasteiger partial charge in [0.25, 0.3) is 5.56 Å². The first-order valence-electron chi connectivity index (χ1n) is 5.18. The predicted molar refractivity (Wildman–Crippen MR) is 70.1 cm³/mol. The standard InChI is InChI=1S/C12H9N3O3S/c1-19-12-14-9(7(5-13)11(18)15-12)6-3-2-4-8(16)10(6)17/h2-4,16-17H,1H3,(H,14,15,18). The van der Waals surface area contributed by atoms with E-state index in [-0.39, 0.29) is 22.6 Å². The second kappa shape index (κ2) is 5.04. The van der Waals surface area contributed by atoms with E-state index in [0.29, 0.717) is 5.16 Å². The first-order chi connectivity index (χ1) is 9.08. The number of H-pyrrole nitrogens is 1. The van der Waals surface area contributed by atoms with E-state index in [9.17, 15) is 15.0 Å². The van der Waals surface area contributed by atoms with Crippen LogP contribution in [0.5, 0.6) is 11.5 Å². The SMILES string of the molecule is CSc1nc(-c2cccc(O)c2O)c(C#N)c(=O)[nH]1. The topological polar surface area (TPSA) is 110 Å². The molecule has 2 aromatic rings. The van der Waals surface area contributed by atoms with Crippen LogP contribution in [-0.2, 0) is 0 Å². The number of nitrogens with one attached hydrogen (secondary N) is 1. The number of hydrogen-bond donors (Lipinski definition) is 3. The lowest BCUT2D eigenvalue weighted by Gasteiger charge is -2.07. The van der Waals surface area contributed by atoms with E-state index in [1.54, 1.807) is 12.3 Å². The number of benzene rings is 1. The molecule has 0 amide bonds. The van der Waals surface area contributed by atoms with Crippen molar-refractivity contribution in [2.24, 2.45) is 0 Å². The number of para-hydroxylation sites is 1. The van der Waals surface area contributed by atoms with Gasteiger partial charge in [-0.15, -0.1) is 0 Å². The van der Waals surface area contributed by atoms with Gasteiger partial charge in [0.15, 0.2) is 16.7 Å². The van der Waals surface area contributed by atoms with Crippen LogP contribution in [0.3, 0.4) is 0 Å². The maximum atomic E-state index is 11.7. The van der Waals surface area contributed by atoms with Gasteiger partial charge in [-0.05, 0) is 18.4 Å². The third-order valence-electron chi connectivity index (χ3n) is 2.47. The van der Waals surface area contributed by atoms with E-state index in [2.05, 4.69) is 9.97 Å². The molecule has 2 rings (SSSR count). The Morgan fingerprint density at radius 1 is 1.42 bits per heavy atom. The fraction of sp³-hybridized carbons (Fsp3) is 0.0833. The fourth-order valence-corrected chi connectivity index (χ4v) is 1.95. The van der Waals surface area contributed by atoms with Crippen molar-refractivity contribution in [2.75, 3.05) is 6.26 Å². The number of phenols is 2. The molecule has 1 heterocycles. The number of rotatable bonds is 2. The minimum atomic E-state index is -0.584. The Balaban J connectivity index is 2.81. The molecule has 0 bridgehead atoms. The van der Waals surface area contributed by atoms with Crippen LogP contribution in [-0.4, -0.2) is 26.4 Å². The minimum absolute atomic E-state index is 0.0454. The molecular weight excluding hydrogens is 266 g/mol. The Hall–Kier alpha value is -2.46. The van der Waals surface area contributed by atoms with Crippen LogP contribution in [0.15, 0.2) is 28.2 Å². The number of aromatic hydroxyl groups is 2. The molecule has 0 saturated carbocycles. The smallest absolute Gasteiger partial charge is 0.270 e.